The molecule has 15 heavy (non-hydrogen) atoms. The zero-order valence-corrected chi connectivity index (χ0v) is 8.28. The maximum atomic E-state index is 11.6. The molecule has 0 fully saturated rings. The number of nitrogens with two attached hydrogens (primary N) is 1. The van der Waals surface area contributed by atoms with Crippen LogP contribution < -0.4 is 11.2 Å². The average Bonchev–Trinajstić information content (AvgIpc) is 2.60. The molecule has 0 aliphatic rings. The van der Waals surface area contributed by atoms with Crippen LogP contribution in [0.1, 0.15) is 12.5 Å². The van der Waals surface area contributed by atoms with E-state index in [4.69, 9.17) is 10.3 Å². The van der Waals surface area contributed by atoms with Crippen LogP contribution in [-0.2, 0) is 6.42 Å². The summed E-state index contributed by atoms with van der Waals surface area (Å²) in [6.07, 6.45) is 3.85. The fraction of sp³-hybridized carbons (Fsp3) is 0.200. The molecule has 0 amide bonds. The SMILES string of the molecule is CCc1c(-c2c[nH]ccc2=O)noc1N. The van der Waals surface area contributed by atoms with E-state index in [9.17, 15) is 4.79 Å². The van der Waals surface area contributed by atoms with E-state index < -0.39 is 0 Å². The second-order valence-corrected chi connectivity index (χ2v) is 3.15. The molecule has 0 aromatic carbocycles. The molecule has 5 nitrogen and oxygen atoms in total. The van der Waals surface area contributed by atoms with E-state index in [-0.39, 0.29) is 11.3 Å². The highest BCUT2D eigenvalue weighted by atomic mass is 16.5. The van der Waals surface area contributed by atoms with Gasteiger partial charge in [-0.05, 0) is 6.42 Å². The Morgan fingerprint density at radius 3 is 3.07 bits per heavy atom. The summed E-state index contributed by atoms with van der Waals surface area (Å²) in [5, 5.41) is 3.80. The van der Waals surface area contributed by atoms with Crippen molar-refractivity contribution in [2.75, 3.05) is 5.73 Å². The van der Waals surface area contributed by atoms with Gasteiger partial charge in [0.05, 0.1) is 5.56 Å². The molecule has 0 atom stereocenters. The van der Waals surface area contributed by atoms with Crippen molar-refractivity contribution in [2.24, 2.45) is 0 Å². The van der Waals surface area contributed by atoms with Crippen LogP contribution in [0.4, 0.5) is 5.88 Å². The van der Waals surface area contributed by atoms with E-state index in [1.807, 2.05) is 6.92 Å². The number of pyridine rings is 1. The minimum absolute atomic E-state index is 0.100. The number of nitrogens with one attached hydrogen (secondary N) is 1. The number of anilines is 1. The number of nitrogens with zero attached hydrogens (tertiary/aromatic N) is 1. The van der Waals surface area contributed by atoms with Crippen LogP contribution in [0.5, 0.6) is 0 Å². The van der Waals surface area contributed by atoms with Gasteiger partial charge in [-0.1, -0.05) is 12.1 Å². The Hall–Kier alpha value is -2.04. The van der Waals surface area contributed by atoms with Gasteiger partial charge in [0, 0.05) is 24.0 Å². The zero-order valence-electron chi connectivity index (χ0n) is 8.28. The van der Waals surface area contributed by atoms with E-state index in [0.717, 1.165) is 5.56 Å². The summed E-state index contributed by atoms with van der Waals surface area (Å²) in [6.45, 7) is 1.93. The summed E-state index contributed by atoms with van der Waals surface area (Å²) in [5.41, 5.74) is 7.27. The second kappa shape index (κ2) is 3.61. The van der Waals surface area contributed by atoms with Gasteiger partial charge in [-0.3, -0.25) is 4.79 Å². The van der Waals surface area contributed by atoms with E-state index in [0.29, 0.717) is 17.7 Å². The van der Waals surface area contributed by atoms with Gasteiger partial charge in [0.1, 0.15) is 5.69 Å². The highest BCUT2D eigenvalue weighted by Gasteiger charge is 2.15. The number of rotatable bonds is 2. The maximum Gasteiger partial charge on any atom is 0.225 e. The third kappa shape index (κ3) is 1.52. The maximum absolute atomic E-state index is 11.6. The number of hydrogen-bond acceptors (Lipinski definition) is 4. The van der Waals surface area contributed by atoms with E-state index >= 15 is 0 Å². The first-order valence-corrected chi connectivity index (χ1v) is 4.65. The van der Waals surface area contributed by atoms with Gasteiger partial charge in [-0.2, -0.15) is 0 Å². The number of hydrogen-bond donors (Lipinski definition) is 2. The molecule has 0 bridgehead atoms. The molecular weight excluding hydrogens is 194 g/mol. The molecule has 78 valence electrons. The molecule has 0 aliphatic heterocycles. The van der Waals surface area contributed by atoms with E-state index in [2.05, 4.69) is 10.1 Å². The standard InChI is InChI=1S/C10H11N3O2/c1-2-6-9(13-15-10(6)11)7-5-12-4-3-8(7)14/h3-5H,2,11H2,1H3,(H,12,14). The Kier molecular flexibility index (Phi) is 2.29. The van der Waals surface area contributed by atoms with Crippen LogP contribution in [0.3, 0.4) is 0 Å². The summed E-state index contributed by atoms with van der Waals surface area (Å²) in [4.78, 5) is 14.4. The lowest BCUT2D eigenvalue weighted by atomic mass is 10.1. The van der Waals surface area contributed by atoms with Gasteiger partial charge < -0.3 is 15.2 Å². The van der Waals surface area contributed by atoms with Crippen molar-refractivity contribution in [1.29, 1.82) is 0 Å². The van der Waals surface area contributed by atoms with Crippen LogP contribution >= 0.6 is 0 Å². The molecule has 2 heterocycles. The average molecular weight is 205 g/mol. The summed E-state index contributed by atoms with van der Waals surface area (Å²) < 4.78 is 4.87. The molecule has 3 N–H and O–H groups in total. The molecule has 0 unspecified atom stereocenters. The number of nitrogen functional groups attached to an aromatic ring is 1. The highest BCUT2D eigenvalue weighted by molar-refractivity contribution is 5.65. The van der Waals surface area contributed by atoms with Crippen molar-refractivity contribution in [1.82, 2.24) is 10.1 Å². The Morgan fingerprint density at radius 1 is 1.60 bits per heavy atom. The monoisotopic (exact) mass is 205 g/mol. The van der Waals surface area contributed by atoms with Gasteiger partial charge >= 0.3 is 0 Å². The Labute approximate surface area is 85.9 Å². The smallest absolute Gasteiger partial charge is 0.225 e. The molecule has 2 aromatic rings. The van der Waals surface area contributed by atoms with Gasteiger partial charge in [0.15, 0.2) is 5.43 Å². The Bertz CT molecular complexity index is 527. The highest BCUT2D eigenvalue weighted by Crippen LogP contribution is 2.24. The molecule has 0 saturated heterocycles. The quantitative estimate of drug-likeness (QED) is 0.770. The molecule has 5 heteroatoms. The predicted molar refractivity (Wildman–Crippen MR) is 56.4 cm³/mol. The van der Waals surface area contributed by atoms with Crippen LogP contribution in [0.2, 0.25) is 0 Å². The summed E-state index contributed by atoms with van der Waals surface area (Å²) in [5.74, 6) is 0.274. The Morgan fingerprint density at radius 2 is 2.40 bits per heavy atom. The van der Waals surface area contributed by atoms with Crippen LogP contribution in [0, 0.1) is 0 Å². The molecule has 0 radical (unpaired) electrons. The van der Waals surface area contributed by atoms with Crippen LogP contribution in [0.25, 0.3) is 11.3 Å². The van der Waals surface area contributed by atoms with Crippen LogP contribution in [0.15, 0.2) is 27.8 Å². The van der Waals surface area contributed by atoms with E-state index in [1.165, 1.54) is 6.07 Å². The van der Waals surface area contributed by atoms with Gasteiger partial charge in [0.2, 0.25) is 5.88 Å². The van der Waals surface area contributed by atoms with Crippen molar-refractivity contribution in [3.05, 3.63) is 34.2 Å². The topological polar surface area (TPSA) is 84.9 Å². The first-order valence-electron chi connectivity index (χ1n) is 4.65. The lowest BCUT2D eigenvalue weighted by Gasteiger charge is -1.97. The first kappa shape index (κ1) is 9.51. The van der Waals surface area contributed by atoms with Gasteiger partial charge in [0.25, 0.3) is 0 Å². The fourth-order valence-electron chi connectivity index (χ4n) is 1.48. The van der Waals surface area contributed by atoms with Crippen molar-refractivity contribution < 1.29 is 4.52 Å². The predicted octanol–water partition coefficient (Wildman–Crippen LogP) is 1.17. The lowest BCUT2D eigenvalue weighted by molar-refractivity contribution is 0.438. The van der Waals surface area contributed by atoms with Crippen LogP contribution in [-0.4, -0.2) is 10.1 Å². The van der Waals surface area contributed by atoms with Crippen molar-refractivity contribution in [3.8, 4) is 11.3 Å². The summed E-state index contributed by atoms with van der Waals surface area (Å²) in [6, 6.07) is 1.44. The second-order valence-electron chi connectivity index (χ2n) is 3.15. The third-order valence-corrected chi connectivity index (χ3v) is 2.25. The number of aromatic nitrogens is 2. The summed E-state index contributed by atoms with van der Waals surface area (Å²) >= 11 is 0. The minimum Gasteiger partial charge on any atom is -0.367 e. The largest absolute Gasteiger partial charge is 0.367 e. The van der Waals surface area contributed by atoms with Gasteiger partial charge in [-0.25, -0.2) is 0 Å². The number of H-pyrrole nitrogens is 1. The lowest BCUT2D eigenvalue weighted by Crippen LogP contribution is -2.04. The van der Waals surface area contributed by atoms with Gasteiger partial charge in [-0.15, -0.1) is 0 Å². The van der Waals surface area contributed by atoms with Crippen molar-refractivity contribution in [3.63, 3.8) is 0 Å². The van der Waals surface area contributed by atoms with Crippen molar-refractivity contribution >= 4 is 5.88 Å². The minimum atomic E-state index is -0.100. The molecule has 2 rings (SSSR count). The normalized spacial score (nSPS) is 10.5. The molecule has 0 spiro atoms. The van der Waals surface area contributed by atoms with Crippen molar-refractivity contribution in [2.45, 2.75) is 13.3 Å². The van der Waals surface area contributed by atoms with E-state index in [1.54, 1.807) is 12.4 Å². The molecular formula is C10H11N3O2. The first-order chi connectivity index (χ1) is 7.24. The molecule has 2 aromatic heterocycles. The number of aromatic amines is 1. The molecule has 0 aliphatic carbocycles. The third-order valence-electron chi connectivity index (χ3n) is 2.25. The Balaban J connectivity index is 2.64. The summed E-state index contributed by atoms with van der Waals surface area (Å²) in [7, 11) is 0. The zero-order chi connectivity index (χ0) is 10.8. The molecule has 0 saturated carbocycles. The fourth-order valence-corrected chi connectivity index (χ4v) is 1.48.